The summed E-state index contributed by atoms with van der Waals surface area (Å²) >= 11 is 3.59. The highest BCUT2D eigenvalue weighted by Crippen LogP contribution is 2.22. The van der Waals surface area contributed by atoms with Gasteiger partial charge < -0.3 is 4.57 Å². The number of carbonyl (C=O) groups is 1. The van der Waals surface area contributed by atoms with Gasteiger partial charge in [-0.3, -0.25) is 9.48 Å². The molecule has 0 atom stereocenters. The number of aryl methyl sites for hydroxylation is 2. The molecule has 0 aliphatic heterocycles. The predicted octanol–water partition coefficient (Wildman–Crippen LogP) is 3.42. The molecule has 0 radical (unpaired) electrons. The van der Waals surface area contributed by atoms with Crippen LogP contribution in [0.3, 0.4) is 0 Å². The number of rotatable bonds is 5. The summed E-state index contributed by atoms with van der Waals surface area (Å²) in [7, 11) is 0. The summed E-state index contributed by atoms with van der Waals surface area (Å²) in [6, 6.07) is 1.87. The highest BCUT2D eigenvalue weighted by molar-refractivity contribution is 9.10. The second-order valence-corrected chi connectivity index (χ2v) is 5.30. The van der Waals surface area contributed by atoms with E-state index in [-0.39, 0.29) is 5.78 Å². The Morgan fingerprint density at radius 3 is 2.79 bits per heavy atom. The van der Waals surface area contributed by atoms with Gasteiger partial charge in [-0.1, -0.05) is 6.92 Å². The maximum absolute atomic E-state index is 11.6. The van der Waals surface area contributed by atoms with Gasteiger partial charge in [-0.05, 0) is 35.8 Å². The van der Waals surface area contributed by atoms with Gasteiger partial charge in [0.2, 0.25) is 0 Å². The number of hydrogen-bond acceptors (Lipinski definition) is 2. The van der Waals surface area contributed by atoms with Crippen molar-refractivity contribution in [2.45, 2.75) is 40.3 Å². The summed E-state index contributed by atoms with van der Waals surface area (Å²) in [5, 5.41) is 4.47. The number of carbonyl (C=O) groups excluding carboxylic acids is 1. The average molecular weight is 324 g/mol. The summed E-state index contributed by atoms with van der Waals surface area (Å²) < 4.78 is 5.06. The van der Waals surface area contributed by atoms with Crippen molar-refractivity contribution in [1.82, 2.24) is 14.3 Å². The summed E-state index contributed by atoms with van der Waals surface area (Å²) in [4.78, 5) is 11.6. The molecule has 19 heavy (non-hydrogen) atoms. The monoisotopic (exact) mass is 323 g/mol. The third-order valence-electron chi connectivity index (χ3n) is 3.18. The smallest absolute Gasteiger partial charge is 0.164 e. The van der Waals surface area contributed by atoms with E-state index in [1.54, 1.807) is 0 Å². The Hall–Kier alpha value is -1.36. The van der Waals surface area contributed by atoms with E-state index in [4.69, 9.17) is 0 Å². The zero-order valence-corrected chi connectivity index (χ0v) is 13.1. The van der Waals surface area contributed by atoms with E-state index in [2.05, 4.69) is 28.0 Å². The molecule has 2 aromatic heterocycles. The standard InChI is InChI=1S/C14H18BrN3O/c1-4-13(19)11-6-7-17(8-11)9-12-14(15)10(3)16-18(12)5-2/h6-8H,4-5,9H2,1-3H3. The van der Waals surface area contributed by atoms with Gasteiger partial charge in [0.05, 0.1) is 22.4 Å². The van der Waals surface area contributed by atoms with Gasteiger partial charge in [0.25, 0.3) is 0 Å². The van der Waals surface area contributed by atoms with Crippen LogP contribution in [0.25, 0.3) is 0 Å². The van der Waals surface area contributed by atoms with Crippen LogP contribution in [0.15, 0.2) is 22.9 Å². The molecular weight excluding hydrogens is 306 g/mol. The number of halogens is 1. The molecule has 2 heterocycles. The van der Waals surface area contributed by atoms with Crippen LogP contribution in [0.2, 0.25) is 0 Å². The topological polar surface area (TPSA) is 39.8 Å². The Balaban J connectivity index is 2.26. The fourth-order valence-electron chi connectivity index (χ4n) is 2.10. The lowest BCUT2D eigenvalue weighted by Crippen LogP contribution is -2.07. The largest absolute Gasteiger partial charge is 0.348 e. The molecule has 2 aromatic rings. The van der Waals surface area contributed by atoms with Crippen LogP contribution < -0.4 is 0 Å². The van der Waals surface area contributed by atoms with Crippen molar-refractivity contribution in [3.63, 3.8) is 0 Å². The zero-order valence-electron chi connectivity index (χ0n) is 11.5. The first-order valence-electron chi connectivity index (χ1n) is 6.47. The van der Waals surface area contributed by atoms with E-state index in [0.29, 0.717) is 13.0 Å². The number of hydrogen-bond donors (Lipinski definition) is 0. The lowest BCUT2D eigenvalue weighted by molar-refractivity contribution is 0.0988. The molecule has 0 aliphatic carbocycles. The van der Waals surface area contributed by atoms with Crippen LogP contribution in [0, 0.1) is 6.92 Å². The molecule has 0 aromatic carbocycles. The van der Waals surface area contributed by atoms with Crippen LogP contribution in [0.1, 0.15) is 42.0 Å². The second kappa shape index (κ2) is 5.74. The average Bonchev–Trinajstić information content (AvgIpc) is 2.98. The Morgan fingerprint density at radius 1 is 1.42 bits per heavy atom. The number of aromatic nitrogens is 3. The molecule has 4 nitrogen and oxygen atoms in total. The molecular formula is C14H18BrN3O. The van der Waals surface area contributed by atoms with Gasteiger partial charge >= 0.3 is 0 Å². The van der Waals surface area contributed by atoms with Crippen molar-refractivity contribution in [1.29, 1.82) is 0 Å². The normalized spacial score (nSPS) is 10.9. The minimum Gasteiger partial charge on any atom is -0.348 e. The maximum Gasteiger partial charge on any atom is 0.164 e. The fraction of sp³-hybridized carbons (Fsp3) is 0.429. The lowest BCUT2D eigenvalue weighted by atomic mass is 10.2. The first kappa shape index (κ1) is 14.1. The molecule has 0 fully saturated rings. The zero-order chi connectivity index (χ0) is 14.0. The molecule has 0 saturated carbocycles. The lowest BCUT2D eigenvalue weighted by Gasteiger charge is -2.06. The number of Topliss-reactive ketones (excluding diaryl/α,β-unsaturated/α-hetero) is 1. The van der Waals surface area contributed by atoms with E-state index in [9.17, 15) is 4.79 Å². The molecule has 5 heteroatoms. The highest BCUT2D eigenvalue weighted by atomic mass is 79.9. The summed E-state index contributed by atoms with van der Waals surface area (Å²) in [5.41, 5.74) is 2.90. The van der Waals surface area contributed by atoms with Gasteiger partial charge in [-0.25, -0.2) is 0 Å². The summed E-state index contributed by atoms with van der Waals surface area (Å²) in [6.45, 7) is 7.49. The van der Waals surface area contributed by atoms with Crippen LogP contribution in [-0.4, -0.2) is 20.1 Å². The first-order valence-corrected chi connectivity index (χ1v) is 7.26. The SMILES string of the molecule is CCC(=O)c1ccn(Cc2c(Br)c(C)nn2CC)c1. The maximum atomic E-state index is 11.6. The Bertz CT molecular complexity index is 598. The van der Waals surface area contributed by atoms with Crippen molar-refractivity contribution in [2.75, 3.05) is 0 Å². The van der Waals surface area contributed by atoms with Crippen molar-refractivity contribution in [3.05, 3.63) is 39.9 Å². The van der Waals surface area contributed by atoms with E-state index < -0.39 is 0 Å². The van der Waals surface area contributed by atoms with Gasteiger partial charge in [0.1, 0.15) is 0 Å². The van der Waals surface area contributed by atoms with Gasteiger partial charge in [0, 0.05) is 30.9 Å². The first-order chi connectivity index (χ1) is 9.06. The number of nitrogens with zero attached hydrogens (tertiary/aromatic N) is 3. The minimum atomic E-state index is 0.179. The Kier molecular flexibility index (Phi) is 4.24. The Labute approximate surface area is 121 Å². The van der Waals surface area contributed by atoms with E-state index in [0.717, 1.165) is 28.0 Å². The molecule has 0 spiro atoms. The van der Waals surface area contributed by atoms with Crippen LogP contribution >= 0.6 is 15.9 Å². The molecule has 2 rings (SSSR count). The third kappa shape index (κ3) is 2.81. The quantitative estimate of drug-likeness (QED) is 0.791. The Morgan fingerprint density at radius 2 is 2.16 bits per heavy atom. The molecule has 102 valence electrons. The van der Waals surface area contributed by atoms with Crippen molar-refractivity contribution in [2.24, 2.45) is 0 Å². The second-order valence-electron chi connectivity index (χ2n) is 4.51. The van der Waals surface area contributed by atoms with Gasteiger partial charge in [-0.15, -0.1) is 0 Å². The van der Waals surface area contributed by atoms with Crippen molar-refractivity contribution < 1.29 is 4.79 Å². The molecule has 0 N–H and O–H groups in total. The predicted molar refractivity (Wildman–Crippen MR) is 78.5 cm³/mol. The van der Waals surface area contributed by atoms with Gasteiger partial charge in [0.15, 0.2) is 5.78 Å². The third-order valence-corrected chi connectivity index (χ3v) is 4.21. The summed E-state index contributed by atoms with van der Waals surface area (Å²) in [6.07, 6.45) is 4.39. The summed E-state index contributed by atoms with van der Waals surface area (Å²) in [5.74, 6) is 0.179. The highest BCUT2D eigenvalue weighted by Gasteiger charge is 2.13. The van der Waals surface area contributed by atoms with Crippen LogP contribution in [0.5, 0.6) is 0 Å². The van der Waals surface area contributed by atoms with Crippen LogP contribution in [-0.2, 0) is 13.1 Å². The molecule has 0 amide bonds. The van der Waals surface area contributed by atoms with E-state index >= 15 is 0 Å². The minimum absolute atomic E-state index is 0.179. The van der Waals surface area contributed by atoms with Crippen molar-refractivity contribution >= 4 is 21.7 Å². The fourth-order valence-corrected chi connectivity index (χ4v) is 2.51. The van der Waals surface area contributed by atoms with Crippen molar-refractivity contribution in [3.8, 4) is 0 Å². The van der Waals surface area contributed by atoms with E-state index in [1.807, 2.05) is 41.6 Å². The number of ketones is 1. The van der Waals surface area contributed by atoms with Gasteiger partial charge in [-0.2, -0.15) is 5.10 Å². The molecule has 0 saturated heterocycles. The molecule has 0 aliphatic rings. The van der Waals surface area contributed by atoms with Crippen LogP contribution in [0.4, 0.5) is 0 Å². The molecule has 0 bridgehead atoms. The van der Waals surface area contributed by atoms with E-state index in [1.165, 1.54) is 0 Å². The molecule has 0 unspecified atom stereocenters.